The first-order valence-electron chi connectivity index (χ1n) is 5.55. The predicted octanol–water partition coefficient (Wildman–Crippen LogP) is 2.87. The van der Waals surface area contributed by atoms with E-state index in [0.29, 0.717) is 19.8 Å². The van der Waals surface area contributed by atoms with Crippen LogP contribution in [0.2, 0.25) is 0 Å². The molecule has 0 aliphatic carbocycles. The smallest absolute Gasteiger partial charge is 0.176 e. The third kappa shape index (κ3) is 4.43. The summed E-state index contributed by atoms with van der Waals surface area (Å²) in [5.41, 5.74) is 1.26. The summed E-state index contributed by atoms with van der Waals surface area (Å²) >= 11 is 1.70. The lowest BCUT2D eigenvalue weighted by Gasteiger charge is -2.13. The molecule has 0 unspecified atom stereocenters. The van der Waals surface area contributed by atoms with Crippen LogP contribution in [-0.2, 0) is 9.47 Å². The SMILES string of the molecule is CCOC(C/N=C\c1sccc1C)OCC. The maximum atomic E-state index is 5.40. The van der Waals surface area contributed by atoms with E-state index in [2.05, 4.69) is 23.4 Å². The van der Waals surface area contributed by atoms with Crippen LogP contribution in [0, 0.1) is 6.92 Å². The molecular weight excluding hydrogens is 222 g/mol. The van der Waals surface area contributed by atoms with E-state index in [0.717, 1.165) is 0 Å². The van der Waals surface area contributed by atoms with Crippen LogP contribution in [0.15, 0.2) is 16.4 Å². The topological polar surface area (TPSA) is 30.8 Å². The summed E-state index contributed by atoms with van der Waals surface area (Å²) in [7, 11) is 0. The van der Waals surface area contributed by atoms with Gasteiger partial charge in [0, 0.05) is 24.3 Å². The molecule has 1 aromatic heterocycles. The van der Waals surface area contributed by atoms with Crippen molar-refractivity contribution in [3.8, 4) is 0 Å². The zero-order valence-electron chi connectivity index (χ0n) is 10.1. The molecule has 0 saturated carbocycles. The fourth-order valence-electron chi connectivity index (χ4n) is 1.26. The number of ether oxygens (including phenoxy) is 2. The Hall–Kier alpha value is -0.710. The fourth-order valence-corrected chi connectivity index (χ4v) is 2.07. The van der Waals surface area contributed by atoms with E-state index in [1.807, 2.05) is 20.1 Å². The summed E-state index contributed by atoms with van der Waals surface area (Å²) in [6.45, 7) is 7.86. The number of hydrogen-bond acceptors (Lipinski definition) is 4. The van der Waals surface area contributed by atoms with Gasteiger partial charge in [-0.05, 0) is 37.8 Å². The van der Waals surface area contributed by atoms with Gasteiger partial charge in [0.25, 0.3) is 0 Å². The largest absolute Gasteiger partial charge is 0.351 e. The van der Waals surface area contributed by atoms with Crippen molar-refractivity contribution in [1.29, 1.82) is 0 Å². The van der Waals surface area contributed by atoms with Gasteiger partial charge in [-0.25, -0.2) is 0 Å². The Bertz CT molecular complexity index is 317. The summed E-state index contributed by atoms with van der Waals surface area (Å²) in [6.07, 6.45) is 1.68. The second-order valence-electron chi connectivity index (χ2n) is 3.30. The van der Waals surface area contributed by atoms with Crippen LogP contribution in [0.25, 0.3) is 0 Å². The lowest BCUT2D eigenvalue weighted by atomic mass is 10.3. The Labute approximate surface area is 101 Å². The first kappa shape index (κ1) is 13.4. The molecule has 0 spiro atoms. The summed E-state index contributed by atoms with van der Waals surface area (Å²) in [6, 6.07) is 2.09. The minimum absolute atomic E-state index is 0.216. The Kier molecular flexibility index (Phi) is 6.30. The Morgan fingerprint density at radius 1 is 1.38 bits per heavy atom. The zero-order chi connectivity index (χ0) is 11.8. The van der Waals surface area contributed by atoms with Crippen molar-refractivity contribution in [2.24, 2.45) is 4.99 Å². The molecule has 0 radical (unpaired) electrons. The molecule has 0 fully saturated rings. The van der Waals surface area contributed by atoms with Crippen molar-refractivity contribution in [2.45, 2.75) is 27.1 Å². The van der Waals surface area contributed by atoms with Gasteiger partial charge in [-0.2, -0.15) is 0 Å². The standard InChI is InChI=1S/C12H19NO2S/c1-4-14-12(15-5-2)9-13-8-11-10(3)6-7-16-11/h6-8,12H,4-5,9H2,1-3H3/b13-8-. The molecule has 0 atom stereocenters. The van der Waals surface area contributed by atoms with Crippen molar-refractivity contribution in [3.05, 3.63) is 21.9 Å². The van der Waals surface area contributed by atoms with Gasteiger partial charge in [0.05, 0.1) is 6.54 Å². The average molecular weight is 241 g/mol. The number of hydrogen-bond donors (Lipinski definition) is 0. The van der Waals surface area contributed by atoms with Crippen LogP contribution >= 0.6 is 11.3 Å². The summed E-state index contributed by atoms with van der Waals surface area (Å²) in [4.78, 5) is 5.55. The van der Waals surface area contributed by atoms with Crippen molar-refractivity contribution in [2.75, 3.05) is 19.8 Å². The van der Waals surface area contributed by atoms with Crippen LogP contribution < -0.4 is 0 Å². The predicted molar refractivity (Wildman–Crippen MR) is 68.6 cm³/mol. The van der Waals surface area contributed by atoms with Crippen LogP contribution in [0.5, 0.6) is 0 Å². The highest BCUT2D eigenvalue weighted by Gasteiger charge is 2.05. The van der Waals surface area contributed by atoms with Crippen LogP contribution in [-0.4, -0.2) is 32.3 Å². The van der Waals surface area contributed by atoms with Gasteiger partial charge in [-0.1, -0.05) is 0 Å². The molecule has 0 aliphatic heterocycles. The summed E-state index contributed by atoms with van der Waals surface area (Å²) < 4.78 is 10.8. The van der Waals surface area contributed by atoms with E-state index >= 15 is 0 Å². The first-order chi connectivity index (χ1) is 7.77. The van der Waals surface area contributed by atoms with E-state index in [1.54, 1.807) is 11.3 Å². The normalized spacial score (nSPS) is 11.8. The molecule has 4 heteroatoms. The van der Waals surface area contributed by atoms with Gasteiger partial charge in [0.2, 0.25) is 0 Å². The molecule has 0 aliphatic rings. The lowest BCUT2D eigenvalue weighted by molar-refractivity contribution is -0.128. The Morgan fingerprint density at radius 2 is 2.06 bits per heavy atom. The summed E-state index contributed by atoms with van der Waals surface area (Å²) in [5.74, 6) is 0. The number of rotatable bonds is 7. The quantitative estimate of drug-likeness (QED) is 0.543. The van der Waals surface area contributed by atoms with Crippen molar-refractivity contribution < 1.29 is 9.47 Å². The minimum Gasteiger partial charge on any atom is -0.351 e. The van der Waals surface area contributed by atoms with E-state index in [-0.39, 0.29) is 6.29 Å². The number of thiophene rings is 1. The number of aliphatic imine (C=N–C) groups is 1. The number of nitrogens with zero attached hydrogens (tertiary/aromatic N) is 1. The van der Waals surface area contributed by atoms with Crippen LogP contribution in [0.4, 0.5) is 0 Å². The Balaban J connectivity index is 2.42. The third-order valence-corrected chi connectivity index (χ3v) is 3.02. The molecule has 1 rings (SSSR count). The van der Waals surface area contributed by atoms with Gasteiger partial charge < -0.3 is 9.47 Å². The van der Waals surface area contributed by atoms with Crippen molar-refractivity contribution >= 4 is 17.6 Å². The molecule has 1 aromatic rings. The van der Waals surface area contributed by atoms with E-state index in [4.69, 9.17) is 9.47 Å². The second kappa shape index (κ2) is 7.54. The van der Waals surface area contributed by atoms with Crippen LogP contribution in [0.3, 0.4) is 0 Å². The van der Waals surface area contributed by atoms with Gasteiger partial charge in [-0.3, -0.25) is 4.99 Å². The highest BCUT2D eigenvalue weighted by atomic mass is 32.1. The molecule has 16 heavy (non-hydrogen) atoms. The van der Waals surface area contributed by atoms with Crippen LogP contribution in [0.1, 0.15) is 24.3 Å². The molecule has 0 amide bonds. The van der Waals surface area contributed by atoms with E-state index in [1.165, 1.54) is 10.4 Å². The van der Waals surface area contributed by atoms with Gasteiger partial charge in [0.15, 0.2) is 6.29 Å². The van der Waals surface area contributed by atoms with Gasteiger partial charge >= 0.3 is 0 Å². The molecular formula is C12H19NO2S. The van der Waals surface area contributed by atoms with Crippen molar-refractivity contribution in [1.82, 2.24) is 0 Å². The molecule has 90 valence electrons. The molecule has 0 saturated heterocycles. The highest BCUT2D eigenvalue weighted by molar-refractivity contribution is 7.11. The first-order valence-corrected chi connectivity index (χ1v) is 6.43. The van der Waals surface area contributed by atoms with Gasteiger partial charge in [-0.15, -0.1) is 11.3 Å². The highest BCUT2D eigenvalue weighted by Crippen LogP contribution is 2.12. The molecule has 0 bridgehead atoms. The molecule has 0 aromatic carbocycles. The fraction of sp³-hybridized carbons (Fsp3) is 0.583. The second-order valence-corrected chi connectivity index (χ2v) is 4.25. The molecule has 0 N–H and O–H groups in total. The zero-order valence-corrected chi connectivity index (χ0v) is 10.9. The Morgan fingerprint density at radius 3 is 2.56 bits per heavy atom. The monoisotopic (exact) mass is 241 g/mol. The van der Waals surface area contributed by atoms with E-state index in [9.17, 15) is 0 Å². The maximum absolute atomic E-state index is 5.40. The lowest BCUT2D eigenvalue weighted by Crippen LogP contribution is -2.20. The maximum Gasteiger partial charge on any atom is 0.176 e. The van der Waals surface area contributed by atoms with Crippen molar-refractivity contribution in [3.63, 3.8) is 0 Å². The van der Waals surface area contributed by atoms with Gasteiger partial charge in [0.1, 0.15) is 0 Å². The third-order valence-electron chi connectivity index (χ3n) is 2.07. The number of aryl methyl sites for hydroxylation is 1. The summed E-state index contributed by atoms with van der Waals surface area (Å²) in [5, 5.41) is 2.07. The molecule has 3 nitrogen and oxygen atoms in total. The van der Waals surface area contributed by atoms with E-state index < -0.39 is 0 Å². The molecule has 1 heterocycles. The minimum atomic E-state index is -0.216. The average Bonchev–Trinajstić information content (AvgIpc) is 2.65.